The summed E-state index contributed by atoms with van der Waals surface area (Å²) in [5, 5.41) is 8.58. The summed E-state index contributed by atoms with van der Waals surface area (Å²) < 4.78 is 44.8. The van der Waals surface area contributed by atoms with Crippen LogP contribution in [0.2, 0.25) is 0 Å². The van der Waals surface area contributed by atoms with Crippen LogP contribution in [0.15, 0.2) is 60.1 Å². The molecule has 2 heterocycles. The molecule has 0 unspecified atom stereocenters. The van der Waals surface area contributed by atoms with Crippen molar-refractivity contribution in [2.45, 2.75) is 48.5 Å². The van der Waals surface area contributed by atoms with E-state index in [4.69, 9.17) is 4.74 Å². The lowest BCUT2D eigenvalue weighted by atomic mass is 10.2. The molecule has 0 atom stereocenters. The fraction of sp³-hybridized carbons (Fsp3) is 0.344. The highest BCUT2D eigenvalue weighted by Crippen LogP contribution is 2.35. The number of aromatic amines is 1. The van der Waals surface area contributed by atoms with Gasteiger partial charge in [-0.15, -0.1) is 4.91 Å². The largest absolute Gasteiger partial charge is 0.435 e. The summed E-state index contributed by atoms with van der Waals surface area (Å²) in [5.74, 6) is -2.60. The van der Waals surface area contributed by atoms with Gasteiger partial charge < -0.3 is 25.3 Å². The van der Waals surface area contributed by atoms with Gasteiger partial charge in [0.05, 0.1) is 12.7 Å². The van der Waals surface area contributed by atoms with Crippen LogP contribution in [0.25, 0.3) is 10.9 Å². The lowest BCUT2D eigenvalue weighted by Gasteiger charge is -2.17. The number of H-pyrrole nitrogens is 1. The number of benzene rings is 2. The molecule has 10 nitrogen and oxygen atoms in total. The van der Waals surface area contributed by atoms with Gasteiger partial charge >= 0.3 is 0 Å². The lowest BCUT2D eigenvalue weighted by molar-refractivity contribution is 0.0825. The van der Waals surface area contributed by atoms with Crippen molar-refractivity contribution in [2.24, 2.45) is 5.18 Å². The predicted molar refractivity (Wildman–Crippen MR) is 177 cm³/mol. The van der Waals surface area contributed by atoms with Gasteiger partial charge in [-0.05, 0) is 56.3 Å². The Bertz CT molecular complexity index is 1490. The van der Waals surface area contributed by atoms with Crippen molar-refractivity contribution in [3.05, 3.63) is 82.7 Å². The second-order valence-corrected chi connectivity index (χ2v) is 8.45. The summed E-state index contributed by atoms with van der Waals surface area (Å²) in [6, 6.07) is 9.14. The number of nitroso groups, excluding NO2 is 1. The summed E-state index contributed by atoms with van der Waals surface area (Å²) in [5.41, 5.74) is 1.75. The maximum Gasteiger partial charge on any atom is 0.262 e. The maximum absolute atomic E-state index is 15.1. The van der Waals surface area contributed by atoms with E-state index < -0.39 is 23.3 Å². The molecule has 0 saturated carbocycles. The van der Waals surface area contributed by atoms with Gasteiger partial charge in [-0.2, -0.15) is 0 Å². The number of nitrogens with zero attached hydrogens (tertiary/aromatic N) is 4. The molecule has 0 spiro atoms. The van der Waals surface area contributed by atoms with E-state index in [1.807, 2.05) is 53.7 Å². The Balaban J connectivity index is 0.00000173. The fourth-order valence-electron chi connectivity index (χ4n) is 3.40. The molecular formula is C32H44F3N7O3. The van der Waals surface area contributed by atoms with E-state index in [0.717, 1.165) is 12.4 Å². The Morgan fingerprint density at radius 3 is 2.11 bits per heavy atom. The number of fused-ring (bicyclic) bond motifs is 1. The van der Waals surface area contributed by atoms with Crippen LogP contribution >= 0.6 is 0 Å². The zero-order valence-corrected chi connectivity index (χ0v) is 27.6. The second kappa shape index (κ2) is 21.7. The van der Waals surface area contributed by atoms with Gasteiger partial charge in [0, 0.05) is 42.6 Å². The highest BCUT2D eigenvalue weighted by Gasteiger charge is 2.25. The lowest BCUT2D eigenvalue weighted by Crippen LogP contribution is -2.24. The van der Waals surface area contributed by atoms with Crippen molar-refractivity contribution in [1.29, 1.82) is 0 Å². The molecule has 4 aromatic rings. The van der Waals surface area contributed by atoms with Crippen molar-refractivity contribution < 1.29 is 22.7 Å². The summed E-state index contributed by atoms with van der Waals surface area (Å²) in [4.78, 5) is 35.5. The minimum atomic E-state index is -0.796. The number of rotatable bonds is 8. The van der Waals surface area contributed by atoms with Gasteiger partial charge in [-0.3, -0.25) is 9.18 Å². The normalized spacial score (nSPS) is 9.62. The van der Waals surface area contributed by atoms with E-state index in [2.05, 4.69) is 30.8 Å². The van der Waals surface area contributed by atoms with Gasteiger partial charge in [0.1, 0.15) is 18.6 Å². The molecule has 2 aromatic heterocycles. The third-order valence-corrected chi connectivity index (χ3v) is 5.37. The average Bonchev–Trinajstić information content (AvgIpc) is 3.48. The Morgan fingerprint density at radius 1 is 1.00 bits per heavy atom. The zero-order valence-electron chi connectivity index (χ0n) is 27.6. The maximum atomic E-state index is 15.1. The van der Waals surface area contributed by atoms with Crippen LogP contribution in [-0.2, 0) is 0 Å². The number of carbonyl (C=O) groups is 1. The molecule has 4 rings (SSSR count). The van der Waals surface area contributed by atoms with Crippen LogP contribution in [-0.4, -0.2) is 53.7 Å². The zero-order chi connectivity index (χ0) is 34.5. The molecule has 2 aromatic carbocycles. The number of hydrogen-bond donors (Lipinski definition) is 3. The third kappa shape index (κ3) is 11.6. The molecule has 13 heteroatoms. The van der Waals surface area contributed by atoms with Crippen LogP contribution in [0.3, 0.4) is 0 Å². The van der Waals surface area contributed by atoms with Crippen molar-refractivity contribution in [3.63, 3.8) is 0 Å². The van der Waals surface area contributed by atoms with E-state index in [-0.39, 0.29) is 34.8 Å². The number of aromatic nitrogens is 3. The van der Waals surface area contributed by atoms with Crippen LogP contribution in [0.1, 0.15) is 57.6 Å². The molecule has 246 valence electrons. The van der Waals surface area contributed by atoms with Gasteiger partial charge in [-0.1, -0.05) is 39.8 Å². The van der Waals surface area contributed by atoms with E-state index in [1.54, 1.807) is 31.2 Å². The van der Waals surface area contributed by atoms with Crippen molar-refractivity contribution in [1.82, 2.24) is 19.9 Å². The first-order valence-electron chi connectivity index (χ1n) is 14.3. The van der Waals surface area contributed by atoms with Crippen molar-refractivity contribution in [2.75, 3.05) is 38.6 Å². The number of allylic oxidation sites excluding steroid dienone is 2. The molecule has 0 aliphatic carbocycles. The van der Waals surface area contributed by atoms with Crippen molar-refractivity contribution in [3.8, 4) is 11.6 Å². The number of ether oxygens (including phenoxy) is 1. The first-order chi connectivity index (χ1) is 21.7. The minimum Gasteiger partial charge on any atom is -0.435 e. The quantitative estimate of drug-likeness (QED) is 0.131. The van der Waals surface area contributed by atoms with Gasteiger partial charge in [-0.25, -0.2) is 18.7 Å². The van der Waals surface area contributed by atoms with Gasteiger partial charge in [0.15, 0.2) is 23.2 Å². The summed E-state index contributed by atoms with van der Waals surface area (Å²) in [6.45, 7) is 13.6. The van der Waals surface area contributed by atoms with Crippen LogP contribution in [0.5, 0.6) is 11.6 Å². The minimum absolute atomic E-state index is 0.0174. The van der Waals surface area contributed by atoms with Gasteiger partial charge in [0.2, 0.25) is 5.88 Å². The van der Waals surface area contributed by atoms with Crippen molar-refractivity contribution >= 4 is 34.0 Å². The molecule has 0 saturated heterocycles. The average molecular weight is 632 g/mol. The van der Waals surface area contributed by atoms with Gasteiger partial charge in [0.25, 0.3) is 5.91 Å². The Morgan fingerprint density at radius 2 is 1.58 bits per heavy atom. The molecular weight excluding hydrogens is 587 g/mol. The smallest absolute Gasteiger partial charge is 0.262 e. The second-order valence-electron chi connectivity index (χ2n) is 8.45. The number of carbonyl (C=O) groups excluding carboxylic acids is 1. The molecule has 0 radical (unpaired) electrons. The molecule has 0 aliphatic heterocycles. The Kier molecular flexibility index (Phi) is 19.3. The van der Waals surface area contributed by atoms with E-state index in [1.165, 1.54) is 25.1 Å². The van der Waals surface area contributed by atoms with Crippen LogP contribution in [0.4, 0.5) is 30.4 Å². The first kappa shape index (κ1) is 40.1. The molecule has 0 fully saturated rings. The number of aryl methyl sites for hydroxylation is 1. The first-order valence-corrected chi connectivity index (χ1v) is 14.3. The molecule has 1 amide bonds. The summed E-state index contributed by atoms with van der Waals surface area (Å²) in [6.07, 6.45) is 5.14. The molecule has 45 heavy (non-hydrogen) atoms. The van der Waals surface area contributed by atoms with E-state index in [0.29, 0.717) is 24.2 Å². The van der Waals surface area contributed by atoms with E-state index >= 15 is 4.39 Å². The standard InChI is InChI=1S/C23H21F2N7O3.C4H8.2C2H6.CH3F/c1-12-8-15-19(25)17(9-16(24)20(15)30-12)35-22-18(23(33)32(2)3)21(27-10-28-22)31-14-6-4-13(5-7-14)26-11-29-34;1-3-4-2;3*1-2/h4-10,26,30H,11H2,1-3H3,(H,27,28,31);3-4H,1-2H3;2*1-2H3;1H3/b;4-3+;;;. The molecule has 3 N–H and O–H groups in total. The predicted octanol–water partition coefficient (Wildman–Crippen LogP) is 9.14. The van der Waals surface area contributed by atoms with E-state index in [9.17, 15) is 18.5 Å². The highest BCUT2D eigenvalue weighted by atomic mass is 19.1. The monoisotopic (exact) mass is 631 g/mol. The van der Waals surface area contributed by atoms with Crippen LogP contribution < -0.4 is 15.4 Å². The Labute approximate surface area is 263 Å². The SMILES string of the molecule is C/C=C/C.CC.CC.CF.Cc1cc2c(F)c(Oc3ncnc(Nc4ccc(NCN=O)cc4)c3C(=O)N(C)C)cc(F)c2[nH]1. The number of nitrogens with one attached hydrogen (secondary N) is 3. The number of hydrogen-bond acceptors (Lipinski definition) is 8. The molecule has 0 bridgehead atoms. The summed E-state index contributed by atoms with van der Waals surface area (Å²) >= 11 is 0. The summed E-state index contributed by atoms with van der Waals surface area (Å²) in [7, 11) is 3.55. The number of amides is 1. The number of halogens is 3. The topological polar surface area (TPSA) is 125 Å². The number of alkyl halides is 1. The molecule has 0 aliphatic rings. The third-order valence-electron chi connectivity index (χ3n) is 5.37. The fourth-order valence-corrected chi connectivity index (χ4v) is 3.40. The highest BCUT2D eigenvalue weighted by molar-refractivity contribution is 6.01. The number of anilines is 3. The van der Waals surface area contributed by atoms with Crippen LogP contribution in [0, 0.1) is 23.5 Å². The Hall–Kier alpha value is -4.94.